The van der Waals surface area contributed by atoms with Gasteiger partial charge in [0, 0.05) is 12.3 Å². The lowest BCUT2D eigenvalue weighted by atomic mass is 10.4. The van der Waals surface area contributed by atoms with E-state index >= 15 is 0 Å². The summed E-state index contributed by atoms with van der Waals surface area (Å²) in [5, 5.41) is 2.58. The molecule has 2 heterocycles. The molecule has 2 aromatic heterocycles. The van der Waals surface area contributed by atoms with Gasteiger partial charge in [0.25, 0.3) is 5.56 Å². The Morgan fingerprint density at radius 2 is 2.24 bits per heavy atom. The molecule has 0 aliphatic heterocycles. The maximum Gasteiger partial charge on any atom is 0.328 e. The van der Waals surface area contributed by atoms with Crippen LogP contribution in [0.15, 0.2) is 38.6 Å². The van der Waals surface area contributed by atoms with E-state index < -0.39 is 17.2 Å². The smallest absolute Gasteiger partial charge is 0.328 e. The molecule has 110 valence electrons. The van der Waals surface area contributed by atoms with Crippen molar-refractivity contribution in [1.29, 1.82) is 0 Å². The number of hydrogen-bond acceptors (Lipinski definition) is 5. The molecule has 2 N–H and O–H groups in total. The van der Waals surface area contributed by atoms with Gasteiger partial charge in [0.05, 0.1) is 23.5 Å². The van der Waals surface area contributed by atoms with Crippen molar-refractivity contribution in [2.45, 2.75) is 6.54 Å². The molecule has 2 aromatic rings. The van der Waals surface area contributed by atoms with Crippen molar-refractivity contribution in [3.63, 3.8) is 0 Å². The van der Waals surface area contributed by atoms with Gasteiger partial charge in [0.15, 0.2) is 0 Å². The highest BCUT2D eigenvalue weighted by atomic mass is 79.9. The number of anilines is 1. The molecule has 0 aliphatic rings. The van der Waals surface area contributed by atoms with Gasteiger partial charge in [0.1, 0.15) is 6.54 Å². The largest absolute Gasteiger partial charge is 0.481 e. The number of nitrogens with one attached hydrogen (secondary N) is 2. The predicted molar refractivity (Wildman–Crippen MR) is 78.4 cm³/mol. The van der Waals surface area contributed by atoms with Gasteiger partial charge in [-0.15, -0.1) is 0 Å². The average molecular weight is 355 g/mol. The van der Waals surface area contributed by atoms with Crippen molar-refractivity contribution in [2.24, 2.45) is 0 Å². The van der Waals surface area contributed by atoms with Gasteiger partial charge in [-0.05, 0) is 22.0 Å². The Morgan fingerprint density at radius 3 is 2.86 bits per heavy atom. The summed E-state index contributed by atoms with van der Waals surface area (Å²) in [5.74, 6) is -0.00296. The maximum absolute atomic E-state index is 11.8. The third-order valence-electron chi connectivity index (χ3n) is 2.51. The molecule has 0 fully saturated rings. The van der Waals surface area contributed by atoms with Crippen LogP contribution in [-0.4, -0.2) is 27.6 Å². The van der Waals surface area contributed by atoms with E-state index in [9.17, 15) is 14.4 Å². The second kappa shape index (κ2) is 6.35. The first kappa shape index (κ1) is 15.0. The summed E-state index contributed by atoms with van der Waals surface area (Å²) in [4.78, 5) is 40.6. The molecule has 8 nitrogen and oxygen atoms in total. The molecule has 21 heavy (non-hydrogen) atoms. The van der Waals surface area contributed by atoms with E-state index in [-0.39, 0.29) is 11.0 Å². The van der Waals surface area contributed by atoms with E-state index in [0.29, 0.717) is 11.6 Å². The summed E-state index contributed by atoms with van der Waals surface area (Å²) in [7, 11) is 1.49. The molecule has 9 heteroatoms. The van der Waals surface area contributed by atoms with Crippen molar-refractivity contribution < 1.29 is 9.53 Å². The van der Waals surface area contributed by atoms with Gasteiger partial charge in [-0.2, -0.15) is 0 Å². The number of methoxy groups -OCH3 is 1. The number of aromatic amines is 1. The summed E-state index contributed by atoms with van der Waals surface area (Å²) in [6.45, 7) is -0.236. The summed E-state index contributed by atoms with van der Waals surface area (Å²) in [6.07, 6.45) is 2.69. The molecule has 0 radical (unpaired) electrons. The Morgan fingerprint density at radius 1 is 1.48 bits per heavy atom. The first-order chi connectivity index (χ1) is 9.99. The van der Waals surface area contributed by atoms with Crippen LogP contribution >= 0.6 is 15.9 Å². The van der Waals surface area contributed by atoms with Gasteiger partial charge >= 0.3 is 5.69 Å². The number of nitrogens with zero attached hydrogens (tertiary/aromatic N) is 2. The SMILES string of the molecule is COc1ccc(NC(=O)Cn2cc(Br)c(=O)[nH]c2=O)cn1. The molecule has 0 aliphatic carbocycles. The Kier molecular flexibility index (Phi) is 4.53. The standard InChI is InChI=1S/C12H11BrN4O4/c1-21-10-3-2-7(4-14-10)15-9(18)6-17-5-8(13)11(19)16-12(17)20/h2-5H,6H2,1H3,(H,15,18)(H,16,19,20). The monoisotopic (exact) mass is 354 g/mol. The first-order valence-corrected chi connectivity index (χ1v) is 6.58. The number of halogens is 1. The number of amides is 1. The highest BCUT2D eigenvalue weighted by molar-refractivity contribution is 9.10. The van der Waals surface area contributed by atoms with Crippen LogP contribution in [0.1, 0.15) is 0 Å². The summed E-state index contributed by atoms with van der Waals surface area (Å²) in [5.41, 5.74) is -0.737. The van der Waals surface area contributed by atoms with Crippen molar-refractivity contribution in [3.05, 3.63) is 49.8 Å². The van der Waals surface area contributed by atoms with E-state index in [1.165, 1.54) is 19.5 Å². The third kappa shape index (κ3) is 3.78. The fourth-order valence-corrected chi connectivity index (χ4v) is 1.88. The van der Waals surface area contributed by atoms with E-state index in [0.717, 1.165) is 4.57 Å². The van der Waals surface area contributed by atoms with Crippen LogP contribution in [0.3, 0.4) is 0 Å². The first-order valence-electron chi connectivity index (χ1n) is 5.79. The molecule has 0 saturated heterocycles. The molecule has 1 amide bonds. The Labute approximate surface area is 126 Å². The Hall–Kier alpha value is -2.42. The van der Waals surface area contributed by atoms with Crippen LogP contribution in [0.2, 0.25) is 0 Å². The van der Waals surface area contributed by atoms with E-state index in [2.05, 4.69) is 31.2 Å². The van der Waals surface area contributed by atoms with E-state index in [4.69, 9.17) is 4.74 Å². The molecule has 0 atom stereocenters. The van der Waals surface area contributed by atoms with Gasteiger partial charge in [0.2, 0.25) is 11.8 Å². The molecule has 0 saturated carbocycles. The lowest BCUT2D eigenvalue weighted by molar-refractivity contribution is -0.116. The van der Waals surface area contributed by atoms with Crippen molar-refractivity contribution >= 4 is 27.5 Å². The minimum atomic E-state index is -0.661. The number of hydrogen-bond donors (Lipinski definition) is 2. The number of aromatic nitrogens is 3. The number of carbonyl (C=O) groups excluding carboxylic acids is 1. The van der Waals surface area contributed by atoms with Crippen molar-refractivity contribution in [2.75, 3.05) is 12.4 Å². The minimum Gasteiger partial charge on any atom is -0.481 e. The van der Waals surface area contributed by atoms with Crippen LogP contribution in [-0.2, 0) is 11.3 Å². The fourth-order valence-electron chi connectivity index (χ4n) is 1.53. The van der Waals surface area contributed by atoms with E-state index in [1.807, 2.05) is 0 Å². The minimum absolute atomic E-state index is 0.168. The molecular formula is C12H11BrN4O4. The second-order valence-electron chi connectivity index (χ2n) is 4.00. The van der Waals surface area contributed by atoms with Gasteiger partial charge in [-0.25, -0.2) is 9.78 Å². The lowest BCUT2D eigenvalue weighted by Crippen LogP contribution is -2.33. The highest BCUT2D eigenvalue weighted by Crippen LogP contribution is 2.10. The molecule has 0 aromatic carbocycles. The van der Waals surface area contributed by atoms with Crippen LogP contribution in [0, 0.1) is 0 Å². The third-order valence-corrected chi connectivity index (χ3v) is 3.08. The van der Waals surface area contributed by atoms with Crippen molar-refractivity contribution in [3.8, 4) is 5.88 Å². The Balaban J connectivity index is 2.09. The molecule has 0 spiro atoms. The molecule has 2 rings (SSSR count). The van der Waals surface area contributed by atoms with Crippen LogP contribution in [0.25, 0.3) is 0 Å². The fraction of sp³-hybridized carbons (Fsp3) is 0.167. The average Bonchev–Trinajstić information content (AvgIpc) is 2.45. The summed E-state index contributed by atoms with van der Waals surface area (Å²) >= 11 is 2.99. The molecule has 0 unspecified atom stereocenters. The number of H-pyrrole nitrogens is 1. The van der Waals surface area contributed by atoms with Gasteiger partial charge in [-0.1, -0.05) is 0 Å². The van der Waals surface area contributed by atoms with Crippen molar-refractivity contribution in [1.82, 2.24) is 14.5 Å². The van der Waals surface area contributed by atoms with Gasteiger partial charge in [-0.3, -0.25) is 19.1 Å². The molecular weight excluding hydrogens is 344 g/mol. The number of pyridine rings is 1. The number of rotatable bonds is 4. The number of carbonyl (C=O) groups is 1. The lowest BCUT2D eigenvalue weighted by Gasteiger charge is -2.07. The van der Waals surface area contributed by atoms with Crippen LogP contribution < -0.4 is 21.3 Å². The summed E-state index contributed by atoms with van der Waals surface area (Å²) in [6, 6.07) is 3.22. The van der Waals surface area contributed by atoms with E-state index in [1.54, 1.807) is 12.1 Å². The zero-order valence-electron chi connectivity index (χ0n) is 10.9. The zero-order valence-corrected chi connectivity index (χ0v) is 12.5. The Bertz CT molecular complexity index is 766. The topological polar surface area (TPSA) is 106 Å². The van der Waals surface area contributed by atoms with Gasteiger partial charge < -0.3 is 10.1 Å². The quantitative estimate of drug-likeness (QED) is 0.823. The van der Waals surface area contributed by atoms with Crippen LogP contribution in [0.5, 0.6) is 5.88 Å². The second-order valence-corrected chi connectivity index (χ2v) is 4.86. The normalized spacial score (nSPS) is 10.2. The highest BCUT2D eigenvalue weighted by Gasteiger charge is 2.08. The number of ether oxygens (including phenoxy) is 1. The van der Waals surface area contributed by atoms with Crippen LogP contribution in [0.4, 0.5) is 5.69 Å². The predicted octanol–water partition coefficient (Wildman–Crippen LogP) is 0.341. The maximum atomic E-state index is 11.8. The summed E-state index contributed by atoms with van der Waals surface area (Å²) < 4.78 is 6.15. The molecule has 0 bridgehead atoms. The zero-order chi connectivity index (χ0) is 15.4.